The van der Waals surface area contributed by atoms with Crippen molar-refractivity contribution in [1.29, 1.82) is 0 Å². The fourth-order valence-corrected chi connectivity index (χ4v) is 3.77. The van der Waals surface area contributed by atoms with Crippen molar-refractivity contribution in [1.82, 2.24) is 4.90 Å². The summed E-state index contributed by atoms with van der Waals surface area (Å²) in [6.45, 7) is 2.56. The molecule has 1 amide bonds. The van der Waals surface area contributed by atoms with E-state index in [-0.39, 0.29) is 43.2 Å². The van der Waals surface area contributed by atoms with Crippen LogP contribution in [0.4, 0.5) is 17.1 Å². The highest BCUT2D eigenvalue weighted by Gasteiger charge is 2.33. The van der Waals surface area contributed by atoms with E-state index in [1.807, 2.05) is 0 Å². The highest BCUT2D eigenvalue weighted by molar-refractivity contribution is 7.85. The smallest absolute Gasteiger partial charge is 0.300 e. The third-order valence-corrected chi connectivity index (χ3v) is 5.41. The van der Waals surface area contributed by atoms with Crippen molar-refractivity contribution in [3.8, 4) is 0 Å². The molecular formula is C17H25ClN4O9S. The molecule has 0 fully saturated rings. The van der Waals surface area contributed by atoms with Crippen LogP contribution in [-0.2, 0) is 10.1 Å². The lowest BCUT2D eigenvalue weighted by atomic mass is 10.1. The van der Waals surface area contributed by atoms with Gasteiger partial charge < -0.3 is 14.9 Å². The van der Waals surface area contributed by atoms with Gasteiger partial charge in [-0.05, 0) is 20.3 Å². The Bertz CT molecular complexity index is 956. The van der Waals surface area contributed by atoms with E-state index < -0.39 is 55.6 Å². The third kappa shape index (κ3) is 7.55. The van der Waals surface area contributed by atoms with Crippen molar-refractivity contribution in [2.45, 2.75) is 26.3 Å². The quantitative estimate of drug-likeness (QED) is 0.176. The number of benzene rings is 1. The summed E-state index contributed by atoms with van der Waals surface area (Å²) in [5.74, 6) is -1.48. The number of nitro groups is 2. The first-order valence-corrected chi connectivity index (χ1v) is 11.6. The maximum atomic E-state index is 13.3. The second-order valence-electron chi connectivity index (χ2n) is 7.01. The fraction of sp³-hybridized carbons (Fsp3) is 0.588. The molecule has 180 valence electrons. The van der Waals surface area contributed by atoms with Crippen molar-refractivity contribution >= 4 is 44.7 Å². The van der Waals surface area contributed by atoms with Crippen LogP contribution in [0.2, 0.25) is 0 Å². The third-order valence-electron chi connectivity index (χ3n) is 4.44. The molecule has 1 aromatic rings. The number of non-ortho nitro benzene ring substituents is 1. The molecule has 0 radical (unpaired) electrons. The van der Waals surface area contributed by atoms with Gasteiger partial charge >= 0.3 is 0 Å². The number of hydrogen-bond donors (Lipinski definition) is 2. The fourth-order valence-electron chi connectivity index (χ4n) is 3.08. The Labute approximate surface area is 189 Å². The van der Waals surface area contributed by atoms with Gasteiger partial charge in [0.2, 0.25) is 0 Å². The Balaban J connectivity index is 3.74. The van der Waals surface area contributed by atoms with E-state index in [0.717, 1.165) is 6.07 Å². The SMILES string of the molecule is CC(C)N(CCO)C(=O)c1cc([N+](=O)[O-])cc([N+](=O)[O-])c1N(CCCl)CCCS(=O)(=O)O. The number of nitro benzene ring substituents is 2. The van der Waals surface area contributed by atoms with Gasteiger partial charge in [-0.3, -0.25) is 29.6 Å². The summed E-state index contributed by atoms with van der Waals surface area (Å²) in [7, 11) is -4.31. The summed E-state index contributed by atoms with van der Waals surface area (Å²) in [6.07, 6.45) is -0.151. The molecule has 0 aliphatic carbocycles. The summed E-state index contributed by atoms with van der Waals surface area (Å²) >= 11 is 5.81. The molecule has 0 unspecified atom stereocenters. The van der Waals surface area contributed by atoms with Gasteiger partial charge in [-0.2, -0.15) is 8.42 Å². The van der Waals surface area contributed by atoms with Crippen molar-refractivity contribution in [3.05, 3.63) is 37.9 Å². The molecular weight excluding hydrogens is 472 g/mol. The van der Waals surface area contributed by atoms with Crippen LogP contribution in [0, 0.1) is 20.2 Å². The Kier molecular flexibility index (Phi) is 10.2. The molecule has 0 aliphatic heterocycles. The first-order chi connectivity index (χ1) is 14.8. The number of nitrogens with zero attached hydrogens (tertiary/aromatic N) is 4. The molecule has 0 bridgehead atoms. The summed E-state index contributed by atoms with van der Waals surface area (Å²) < 4.78 is 31.1. The minimum atomic E-state index is -4.31. The summed E-state index contributed by atoms with van der Waals surface area (Å²) in [5, 5.41) is 32.4. The van der Waals surface area contributed by atoms with Crippen molar-refractivity contribution in [2.75, 3.05) is 42.8 Å². The average molecular weight is 497 g/mol. The van der Waals surface area contributed by atoms with Gasteiger partial charge in [0.05, 0.1) is 33.8 Å². The van der Waals surface area contributed by atoms with Gasteiger partial charge in [0.1, 0.15) is 5.69 Å². The zero-order valence-electron chi connectivity index (χ0n) is 17.5. The normalized spacial score (nSPS) is 11.4. The molecule has 13 nitrogen and oxygen atoms in total. The van der Waals surface area contributed by atoms with Crippen LogP contribution >= 0.6 is 11.6 Å². The number of alkyl halides is 1. The summed E-state index contributed by atoms with van der Waals surface area (Å²) in [6, 6.07) is 1.17. The Hall–Kier alpha value is -2.55. The van der Waals surface area contributed by atoms with E-state index in [9.17, 15) is 38.5 Å². The van der Waals surface area contributed by atoms with Gasteiger partial charge in [-0.25, -0.2) is 0 Å². The van der Waals surface area contributed by atoms with Crippen LogP contribution in [0.5, 0.6) is 0 Å². The molecule has 1 rings (SSSR count). The number of rotatable bonds is 13. The predicted molar refractivity (Wildman–Crippen MR) is 117 cm³/mol. The number of carbonyl (C=O) groups excluding carboxylic acids is 1. The van der Waals surface area contributed by atoms with Gasteiger partial charge in [0.15, 0.2) is 0 Å². The Morgan fingerprint density at radius 3 is 2.22 bits per heavy atom. The van der Waals surface area contributed by atoms with Gasteiger partial charge in [0.25, 0.3) is 27.4 Å². The number of anilines is 1. The van der Waals surface area contributed by atoms with Crippen LogP contribution in [-0.4, -0.2) is 82.6 Å². The molecule has 0 heterocycles. The molecule has 1 aromatic carbocycles. The van der Waals surface area contributed by atoms with E-state index in [1.165, 1.54) is 9.80 Å². The number of amides is 1. The summed E-state index contributed by atoms with van der Waals surface area (Å²) in [5.41, 5.74) is -2.03. The van der Waals surface area contributed by atoms with Crippen molar-refractivity contribution in [2.24, 2.45) is 0 Å². The van der Waals surface area contributed by atoms with E-state index in [2.05, 4.69) is 0 Å². The lowest BCUT2D eigenvalue weighted by Crippen LogP contribution is -2.40. The molecule has 2 N–H and O–H groups in total. The molecule has 0 saturated carbocycles. The van der Waals surface area contributed by atoms with E-state index in [1.54, 1.807) is 13.8 Å². The van der Waals surface area contributed by atoms with Crippen LogP contribution in [0.15, 0.2) is 12.1 Å². The zero-order valence-corrected chi connectivity index (χ0v) is 19.1. The largest absolute Gasteiger partial charge is 0.395 e. The highest BCUT2D eigenvalue weighted by atomic mass is 35.5. The average Bonchev–Trinajstić information content (AvgIpc) is 2.68. The van der Waals surface area contributed by atoms with Crippen LogP contribution in [0.25, 0.3) is 0 Å². The second kappa shape index (κ2) is 11.9. The number of halogens is 1. The maximum absolute atomic E-state index is 13.3. The van der Waals surface area contributed by atoms with Crippen LogP contribution < -0.4 is 4.90 Å². The molecule has 15 heteroatoms. The predicted octanol–water partition coefficient (Wildman–Crippen LogP) is 1.67. The lowest BCUT2D eigenvalue weighted by molar-refractivity contribution is -0.393. The van der Waals surface area contributed by atoms with E-state index in [0.29, 0.717) is 6.07 Å². The zero-order chi connectivity index (χ0) is 24.6. The summed E-state index contributed by atoms with van der Waals surface area (Å²) in [4.78, 5) is 37.1. The maximum Gasteiger partial charge on any atom is 0.300 e. The number of aliphatic hydroxyl groups excluding tert-OH is 1. The van der Waals surface area contributed by atoms with Gasteiger partial charge in [0, 0.05) is 37.6 Å². The van der Waals surface area contributed by atoms with E-state index in [4.69, 9.17) is 16.2 Å². The van der Waals surface area contributed by atoms with E-state index >= 15 is 0 Å². The minimum Gasteiger partial charge on any atom is -0.395 e. The molecule has 32 heavy (non-hydrogen) atoms. The monoisotopic (exact) mass is 496 g/mol. The topological polar surface area (TPSA) is 184 Å². The van der Waals surface area contributed by atoms with Crippen molar-refractivity contribution < 1.29 is 32.7 Å². The number of aliphatic hydroxyl groups is 1. The number of hydrogen-bond acceptors (Lipinski definition) is 9. The Morgan fingerprint density at radius 1 is 1.16 bits per heavy atom. The van der Waals surface area contributed by atoms with Gasteiger partial charge in [-0.15, -0.1) is 11.6 Å². The molecule has 0 atom stereocenters. The molecule has 0 saturated heterocycles. The lowest BCUT2D eigenvalue weighted by Gasteiger charge is -2.30. The second-order valence-corrected chi connectivity index (χ2v) is 8.96. The van der Waals surface area contributed by atoms with Crippen LogP contribution in [0.3, 0.4) is 0 Å². The first kappa shape index (κ1) is 27.5. The molecule has 0 aliphatic rings. The first-order valence-electron chi connectivity index (χ1n) is 9.48. The van der Waals surface area contributed by atoms with Gasteiger partial charge in [-0.1, -0.05) is 0 Å². The van der Waals surface area contributed by atoms with Crippen LogP contribution in [0.1, 0.15) is 30.6 Å². The molecule has 0 aromatic heterocycles. The molecule has 0 spiro atoms. The van der Waals surface area contributed by atoms with Crippen molar-refractivity contribution in [3.63, 3.8) is 0 Å². The minimum absolute atomic E-state index is 0.0480. The highest BCUT2D eigenvalue weighted by Crippen LogP contribution is 2.37. The number of carbonyl (C=O) groups is 1. The standard InChI is InChI=1S/C17H25ClN4O9S/c1-12(2)20(7-8-23)17(24)14-10-13(21(25)26)11-15(22(27)28)16(14)19(6-4-18)5-3-9-32(29,30)31/h10-12,23H,3-9H2,1-2H3,(H,29,30,31). The Morgan fingerprint density at radius 2 is 1.78 bits per heavy atom.